The lowest BCUT2D eigenvalue weighted by Crippen LogP contribution is -2.19. The number of imide groups is 1. The Bertz CT molecular complexity index is 807. The highest BCUT2D eigenvalue weighted by atomic mass is 16.2. The number of rotatable bonds is 3. The molecule has 108 valence electrons. The number of hydrogen-bond donors (Lipinski definition) is 2. The fraction of sp³-hybridized carbons (Fsp3) is 0. The molecule has 0 spiro atoms. The number of hydrogen-bond acceptors (Lipinski definition) is 3. The molecule has 3 rings (SSSR count). The maximum Gasteiger partial charge on any atom is 0.259 e. The minimum atomic E-state index is -0.452. The third kappa shape index (κ3) is 2.40. The van der Waals surface area contributed by atoms with Gasteiger partial charge in [0.2, 0.25) is 0 Å². The Hall–Kier alpha value is -3.21. The van der Waals surface area contributed by atoms with Crippen molar-refractivity contribution in [2.45, 2.75) is 0 Å². The van der Waals surface area contributed by atoms with E-state index in [2.05, 4.69) is 17.2 Å². The van der Waals surface area contributed by atoms with E-state index in [1.54, 1.807) is 36.4 Å². The minimum absolute atomic E-state index is 0.268. The topological polar surface area (TPSA) is 75.3 Å². The van der Waals surface area contributed by atoms with Crippen molar-refractivity contribution in [3.63, 3.8) is 0 Å². The molecule has 0 saturated carbocycles. The molecule has 0 radical (unpaired) electrons. The zero-order chi connectivity index (χ0) is 15.7. The second-order valence-corrected chi connectivity index (χ2v) is 4.82. The molecule has 5 nitrogen and oxygen atoms in total. The van der Waals surface area contributed by atoms with Crippen molar-refractivity contribution >= 4 is 29.5 Å². The van der Waals surface area contributed by atoms with Crippen LogP contribution in [-0.2, 0) is 0 Å². The van der Waals surface area contributed by atoms with Gasteiger partial charge in [-0.3, -0.25) is 19.7 Å². The Morgan fingerprint density at radius 1 is 1.00 bits per heavy atom. The van der Waals surface area contributed by atoms with Crippen molar-refractivity contribution < 1.29 is 14.4 Å². The second kappa shape index (κ2) is 5.29. The number of amides is 3. The molecule has 1 aliphatic rings. The van der Waals surface area contributed by atoms with E-state index < -0.39 is 11.8 Å². The third-order valence-electron chi connectivity index (χ3n) is 3.40. The molecule has 2 N–H and O–H groups in total. The van der Waals surface area contributed by atoms with Crippen LogP contribution in [0.2, 0.25) is 0 Å². The molecule has 0 unspecified atom stereocenters. The Labute approximate surface area is 126 Å². The summed E-state index contributed by atoms with van der Waals surface area (Å²) >= 11 is 0. The van der Waals surface area contributed by atoms with Gasteiger partial charge in [0.25, 0.3) is 17.7 Å². The number of benzene rings is 2. The summed E-state index contributed by atoms with van der Waals surface area (Å²) in [5.74, 6) is -1.16. The number of nitrogens with one attached hydrogen (secondary N) is 2. The van der Waals surface area contributed by atoms with Crippen LogP contribution < -0.4 is 10.6 Å². The van der Waals surface area contributed by atoms with Crippen LogP contribution in [0.4, 0.5) is 5.69 Å². The van der Waals surface area contributed by atoms with Crippen molar-refractivity contribution in [2.75, 3.05) is 5.32 Å². The zero-order valence-electron chi connectivity index (χ0n) is 11.6. The van der Waals surface area contributed by atoms with Gasteiger partial charge in [-0.05, 0) is 35.9 Å². The zero-order valence-corrected chi connectivity index (χ0v) is 11.6. The maximum atomic E-state index is 12.2. The molecular weight excluding hydrogens is 280 g/mol. The lowest BCUT2D eigenvalue weighted by molar-refractivity contribution is 0.0878. The van der Waals surface area contributed by atoms with Crippen molar-refractivity contribution in [1.29, 1.82) is 0 Å². The molecule has 2 aromatic rings. The maximum absolute atomic E-state index is 12.2. The smallest absolute Gasteiger partial charge is 0.259 e. The largest absolute Gasteiger partial charge is 0.322 e. The van der Waals surface area contributed by atoms with Crippen LogP contribution >= 0.6 is 0 Å². The monoisotopic (exact) mass is 292 g/mol. The van der Waals surface area contributed by atoms with Crippen molar-refractivity contribution in [1.82, 2.24) is 5.32 Å². The van der Waals surface area contributed by atoms with E-state index in [-0.39, 0.29) is 11.5 Å². The summed E-state index contributed by atoms with van der Waals surface area (Å²) in [7, 11) is 0. The first-order chi connectivity index (χ1) is 10.6. The van der Waals surface area contributed by atoms with Gasteiger partial charge < -0.3 is 5.32 Å². The third-order valence-corrected chi connectivity index (χ3v) is 3.40. The van der Waals surface area contributed by atoms with Gasteiger partial charge in [0.05, 0.1) is 11.1 Å². The van der Waals surface area contributed by atoms with E-state index in [9.17, 15) is 14.4 Å². The van der Waals surface area contributed by atoms with Gasteiger partial charge in [-0.1, -0.05) is 24.8 Å². The fourth-order valence-corrected chi connectivity index (χ4v) is 2.22. The molecule has 3 amide bonds. The summed E-state index contributed by atoms with van der Waals surface area (Å²) in [5.41, 5.74) is 2.46. The average Bonchev–Trinajstić information content (AvgIpc) is 2.81. The molecule has 0 bridgehead atoms. The van der Waals surface area contributed by atoms with Gasteiger partial charge in [0.15, 0.2) is 0 Å². The highest BCUT2D eigenvalue weighted by Gasteiger charge is 2.26. The van der Waals surface area contributed by atoms with Crippen molar-refractivity contribution in [3.8, 4) is 0 Å². The summed E-state index contributed by atoms with van der Waals surface area (Å²) in [6, 6.07) is 11.6. The number of fused-ring (bicyclic) bond motifs is 1. The Kier molecular flexibility index (Phi) is 3.31. The summed E-state index contributed by atoms with van der Waals surface area (Å²) < 4.78 is 0. The molecule has 0 saturated heterocycles. The highest BCUT2D eigenvalue weighted by Crippen LogP contribution is 2.20. The predicted octanol–water partition coefficient (Wildman–Crippen LogP) is 2.47. The Morgan fingerprint density at radius 2 is 1.68 bits per heavy atom. The van der Waals surface area contributed by atoms with Crippen LogP contribution in [0.3, 0.4) is 0 Å². The number of carbonyl (C=O) groups is 3. The summed E-state index contributed by atoms with van der Waals surface area (Å²) in [6.07, 6.45) is 1.69. The molecule has 5 heteroatoms. The average molecular weight is 292 g/mol. The normalized spacial score (nSPS) is 12.5. The van der Waals surface area contributed by atoms with Gasteiger partial charge in [0, 0.05) is 11.3 Å². The van der Waals surface area contributed by atoms with Crippen molar-refractivity contribution in [2.24, 2.45) is 0 Å². The summed E-state index contributed by atoms with van der Waals surface area (Å²) in [6.45, 7) is 3.65. The first-order valence-corrected chi connectivity index (χ1v) is 6.62. The quantitative estimate of drug-likeness (QED) is 0.853. The van der Waals surface area contributed by atoms with E-state index in [0.29, 0.717) is 16.8 Å². The molecule has 1 aliphatic heterocycles. The molecule has 1 heterocycles. The van der Waals surface area contributed by atoms with Gasteiger partial charge in [-0.25, -0.2) is 0 Å². The lowest BCUT2D eigenvalue weighted by Gasteiger charge is -2.06. The summed E-state index contributed by atoms with van der Waals surface area (Å²) in [5, 5.41) is 4.91. The van der Waals surface area contributed by atoms with Crippen LogP contribution in [0.15, 0.2) is 49.0 Å². The molecule has 22 heavy (non-hydrogen) atoms. The molecule has 0 atom stereocenters. The van der Waals surface area contributed by atoms with Crippen LogP contribution in [0.25, 0.3) is 6.08 Å². The van der Waals surface area contributed by atoms with Crippen LogP contribution in [0.5, 0.6) is 0 Å². The fourth-order valence-electron chi connectivity index (χ4n) is 2.22. The predicted molar refractivity (Wildman–Crippen MR) is 82.7 cm³/mol. The van der Waals surface area contributed by atoms with E-state index >= 15 is 0 Å². The Morgan fingerprint density at radius 3 is 2.36 bits per heavy atom. The highest BCUT2D eigenvalue weighted by molar-refractivity contribution is 6.22. The SMILES string of the molecule is C=Cc1ccc(C(=O)Nc2ccc3c(c2)C(=O)NC3=O)cc1. The lowest BCUT2D eigenvalue weighted by atomic mass is 10.1. The summed E-state index contributed by atoms with van der Waals surface area (Å²) in [4.78, 5) is 35.2. The Balaban J connectivity index is 1.82. The minimum Gasteiger partial charge on any atom is -0.322 e. The first kappa shape index (κ1) is 13.8. The molecule has 2 aromatic carbocycles. The van der Waals surface area contributed by atoms with Crippen LogP contribution in [0.1, 0.15) is 36.6 Å². The molecule has 0 fully saturated rings. The van der Waals surface area contributed by atoms with Crippen LogP contribution in [0, 0.1) is 0 Å². The molecule has 0 aromatic heterocycles. The van der Waals surface area contributed by atoms with Crippen LogP contribution in [-0.4, -0.2) is 17.7 Å². The number of anilines is 1. The van der Waals surface area contributed by atoms with E-state index in [1.165, 1.54) is 12.1 Å². The van der Waals surface area contributed by atoms with Gasteiger partial charge in [0.1, 0.15) is 0 Å². The van der Waals surface area contributed by atoms with E-state index in [0.717, 1.165) is 5.56 Å². The first-order valence-electron chi connectivity index (χ1n) is 6.62. The van der Waals surface area contributed by atoms with Crippen molar-refractivity contribution in [3.05, 3.63) is 71.3 Å². The second-order valence-electron chi connectivity index (χ2n) is 4.82. The molecular formula is C17H12N2O3. The standard InChI is InChI=1S/C17H12N2O3/c1-2-10-3-5-11(6-4-10)15(20)18-12-7-8-13-14(9-12)17(22)19-16(13)21/h2-9H,1H2,(H,18,20)(H,19,21,22). The van der Waals surface area contributed by atoms with Gasteiger partial charge in [-0.15, -0.1) is 0 Å². The molecule has 0 aliphatic carbocycles. The van der Waals surface area contributed by atoms with Gasteiger partial charge in [-0.2, -0.15) is 0 Å². The van der Waals surface area contributed by atoms with E-state index in [4.69, 9.17) is 0 Å². The van der Waals surface area contributed by atoms with Gasteiger partial charge >= 0.3 is 0 Å². The number of carbonyl (C=O) groups excluding carboxylic acids is 3. The van der Waals surface area contributed by atoms with E-state index in [1.807, 2.05) is 0 Å².